The number of anilines is 3. The lowest BCUT2D eigenvalue weighted by Gasteiger charge is -2.13. The minimum atomic E-state index is 0.506. The van der Waals surface area contributed by atoms with E-state index in [0.29, 0.717) is 22.6 Å². The molecule has 118 valence electrons. The first-order valence-electron chi connectivity index (χ1n) is 7.18. The number of benzene rings is 1. The Morgan fingerprint density at radius 3 is 2.68 bits per heavy atom. The van der Waals surface area contributed by atoms with Gasteiger partial charge < -0.3 is 15.4 Å². The summed E-state index contributed by atoms with van der Waals surface area (Å²) in [5.41, 5.74) is 1.61. The van der Waals surface area contributed by atoms with Crippen molar-refractivity contribution in [3.05, 3.63) is 35.0 Å². The Bertz CT molecular complexity index is 646. The molecule has 0 radical (unpaired) electrons. The second-order valence-corrected chi connectivity index (χ2v) is 5.90. The number of ether oxygens (including phenoxy) is 1. The number of rotatable bonds is 6. The summed E-state index contributed by atoms with van der Waals surface area (Å²) in [7, 11) is 1.61. The average molecular weight is 321 g/mol. The molecule has 2 N–H and O–H groups in total. The molecular weight excluding hydrogens is 300 g/mol. The van der Waals surface area contributed by atoms with Crippen molar-refractivity contribution in [2.75, 3.05) is 24.3 Å². The first-order chi connectivity index (χ1) is 10.5. The van der Waals surface area contributed by atoms with Crippen molar-refractivity contribution in [1.29, 1.82) is 0 Å². The number of nitrogens with one attached hydrogen (secondary N) is 2. The maximum atomic E-state index is 6.04. The van der Waals surface area contributed by atoms with Crippen LogP contribution in [0.25, 0.3) is 0 Å². The molecule has 0 spiro atoms. The fourth-order valence-corrected chi connectivity index (χ4v) is 2.09. The Kier molecular flexibility index (Phi) is 5.44. The lowest BCUT2D eigenvalue weighted by atomic mass is 10.2. The molecule has 2 aromatic rings. The van der Waals surface area contributed by atoms with Crippen LogP contribution in [0.4, 0.5) is 17.5 Å². The van der Waals surface area contributed by atoms with Crippen molar-refractivity contribution >= 4 is 29.1 Å². The van der Waals surface area contributed by atoms with E-state index in [1.54, 1.807) is 25.3 Å². The predicted molar refractivity (Wildman–Crippen MR) is 91.4 cm³/mol. The number of hydrogen-bond donors (Lipinski definition) is 2. The lowest BCUT2D eigenvalue weighted by Crippen LogP contribution is -2.11. The molecule has 22 heavy (non-hydrogen) atoms. The van der Waals surface area contributed by atoms with Gasteiger partial charge in [0.25, 0.3) is 0 Å². The highest BCUT2D eigenvalue weighted by molar-refractivity contribution is 6.30. The second kappa shape index (κ2) is 7.31. The normalized spacial score (nSPS) is 10.6. The van der Waals surface area contributed by atoms with Crippen LogP contribution >= 0.6 is 11.6 Å². The number of methoxy groups -OCH3 is 1. The molecule has 0 aliphatic rings. The first-order valence-corrected chi connectivity index (χ1v) is 7.56. The average Bonchev–Trinajstić information content (AvgIpc) is 2.45. The molecule has 1 heterocycles. The van der Waals surface area contributed by atoms with Gasteiger partial charge in [0.2, 0.25) is 5.95 Å². The summed E-state index contributed by atoms with van der Waals surface area (Å²) in [5.74, 6) is 2.53. The van der Waals surface area contributed by atoms with Crippen LogP contribution in [0, 0.1) is 12.8 Å². The van der Waals surface area contributed by atoms with Gasteiger partial charge in [0.05, 0.1) is 12.8 Å². The van der Waals surface area contributed by atoms with Crippen LogP contribution in [0.2, 0.25) is 5.02 Å². The number of aryl methyl sites for hydroxylation is 1. The number of aromatic nitrogens is 2. The Balaban J connectivity index is 2.24. The van der Waals surface area contributed by atoms with Crippen LogP contribution in [0.1, 0.15) is 19.5 Å². The van der Waals surface area contributed by atoms with Gasteiger partial charge in [-0.1, -0.05) is 25.4 Å². The maximum absolute atomic E-state index is 6.04. The molecule has 0 saturated carbocycles. The molecular formula is C16H21ClN4O. The third-order valence-corrected chi connectivity index (χ3v) is 3.19. The third-order valence-electron chi connectivity index (χ3n) is 2.95. The Labute approximate surface area is 136 Å². The zero-order valence-corrected chi connectivity index (χ0v) is 14.0. The van der Waals surface area contributed by atoms with Gasteiger partial charge in [-0.05, 0) is 31.0 Å². The van der Waals surface area contributed by atoms with Gasteiger partial charge >= 0.3 is 0 Å². The van der Waals surface area contributed by atoms with E-state index in [0.717, 1.165) is 23.7 Å². The van der Waals surface area contributed by atoms with E-state index in [4.69, 9.17) is 16.3 Å². The van der Waals surface area contributed by atoms with Gasteiger partial charge in [0.1, 0.15) is 11.6 Å². The summed E-state index contributed by atoms with van der Waals surface area (Å²) in [6, 6.07) is 7.28. The molecule has 0 saturated heterocycles. The zero-order chi connectivity index (χ0) is 16.1. The molecule has 1 aromatic heterocycles. The highest BCUT2D eigenvalue weighted by Crippen LogP contribution is 2.29. The smallest absolute Gasteiger partial charge is 0.229 e. The summed E-state index contributed by atoms with van der Waals surface area (Å²) < 4.78 is 5.32. The van der Waals surface area contributed by atoms with Crippen molar-refractivity contribution in [3.63, 3.8) is 0 Å². The summed E-state index contributed by atoms with van der Waals surface area (Å²) in [5, 5.41) is 7.08. The topological polar surface area (TPSA) is 59.1 Å². The molecule has 0 atom stereocenters. The van der Waals surface area contributed by atoms with Crippen LogP contribution in [-0.4, -0.2) is 23.6 Å². The second-order valence-electron chi connectivity index (χ2n) is 5.46. The fraction of sp³-hybridized carbons (Fsp3) is 0.375. The Morgan fingerprint density at radius 2 is 2.00 bits per heavy atom. The van der Waals surface area contributed by atoms with E-state index in [-0.39, 0.29) is 0 Å². The van der Waals surface area contributed by atoms with Crippen LogP contribution < -0.4 is 15.4 Å². The monoisotopic (exact) mass is 320 g/mol. The van der Waals surface area contributed by atoms with E-state index in [1.165, 1.54) is 0 Å². The van der Waals surface area contributed by atoms with Crippen LogP contribution in [0.3, 0.4) is 0 Å². The zero-order valence-electron chi connectivity index (χ0n) is 13.3. The Hall–Kier alpha value is -2.01. The molecule has 0 aliphatic heterocycles. The van der Waals surface area contributed by atoms with Crippen molar-refractivity contribution < 1.29 is 4.74 Å². The van der Waals surface area contributed by atoms with E-state index in [9.17, 15) is 0 Å². The summed E-state index contributed by atoms with van der Waals surface area (Å²) >= 11 is 6.04. The molecule has 1 aromatic carbocycles. The van der Waals surface area contributed by atoms with E-state index in [2.05, 4.69) is 34.4 Å². The summed E-state index contributed by atoms with van der Waals surface area (Å²) in [6.07, 6.45) is 0. The van der Waals surface area contributed by atoms with Crippen molar-refractivity contribution in [3.8, 4) is 5.75 Å². The van der Waals surface area contributed by atoms with Gasteiger partial charge in [0.15, 0.2) is 0 Å². The molecule has 0 bridgehead atoms. The maximum Gasteiger partial charge on any atom is 0.229 e. The van der Waals surface area contributed by atoms with Gasteiger partial charge in [-0.3, -0.25) is 0 Å². The van der Waals surface area contributed by atoms with Gasteiger partial charge in [-0.2, -0.15) is 4.98 Å². The number of halogens is 1. The van der Waals surface area contributed by atoms with E-state index < -0.39 is 0 Å². The molecule has 0 fully saturated rings. The molecule has 5 nitrogen and oxygen atoms in total. The SMILES string of the molecule is COc1ccc(Cl)cc1Nc1nc(C)cc(NCC(C)C)n1. The number of hydrogen-bond acceptors (Lipinski definition) is 5. The van der Waals surface area contributed by atoms with E-state index >= 15 is 0 Å². The lowest BCUT2D eigenvalue weighted by molar-refractivity contribution is 0.417. The minimum absolute atomic E-state index is 0.506. The van der Waals surface area contributed by atoms with Crippen LogP contribution in [0.5, 0.6) is 5.75 Å². The molecule has 0 aliphatic carbocycles. The first kappa shape index (κ1) is 16.4. The van der Waals surface area contributed by atoms with Gasteiger partial charge in [-0.25, -0.2) is 4.98 Å². The van der Waals surface area contributed by atoms with Crippen LogP contribution in [-0.2, 0) is 0 Å². The Morgan fingerprint density at radius 1 is 1.23 bits per heavy atom. The molecule has 0 amide bonds. The molecule has 0 unspecified atom stereocenters. The summed E-state index contributed by atoms with van der Waals surface area (Å²) in [4.78, 5) is 8.87. The fourth-order valence-electron chi connectivity index (χ4n) is 1.92. The van der Waals surface area contributed by atoms with Crippen molar-refractivity contribution in [2.45, 2.75) is 20.8 Å². The van der Waals surface area contributed by atoms with Crippen molar-refractivity contribution in [1.82, 2.24) is 9.97 Å². The summed E-state index contributed by atoms with van der Waals surface area (Å²) in [6.45, 7) is 7.09. The van der Waals surface area contributed by atoms with Gasteiger partial charge in [0, 0.05) is 23.3 Å². The number of nitrogens with zero attached hydrogens (tertiary/aromatic N) is 2. The largest absolute Gasteiger partial charge is 0.495 e. The van der Waals surface area contributed by atoms with E-state index in [1.807, 2.05) is 13.0 Å². The highest BCUT2D eigenvalue weighted by atomic mass is 35.5. The standard InChI is InChI=1S/C16H21ClN4O/c1-10(2)9-18-15-7-11(3)19-16(21-15)20-13-8-12(17)5-6-14(13)22-4/h5-8,10H,9H2,1-4H3,(H2,18,19,20,21). The molecule has 6 heteroatoms. The van der Waals surface area contributed by atoms with Crippen LogP contribution in [0.15, 0.2) is 24.3 Å². The quantitative estimate of drug-likeness (QED) is 0.833. The van der Waals surface area contributed by atoms with Crippen molar-refractivity contribution in [2.24, 2.45) is 5.92 Å². The molecule has 2 rings (SSSR count). The minimum Gasteiger partial charge on any atom is -0.495 e. The highest BCUT2D eigenvalue weighted by Gasteiger charge is 2.08. The predicted octanol–water partition coefficient (Wildman–Crippen LogP) is 4.26. The van der Waals surface area contributed by atoms with Gasteiger partial charge in [-0.15, -0.1) is 0 Å². The third kappa shape index (κ3) is 4.49.